The van der Waals surface area contributed by atoms with Crippen molar-refractivity contribution in [1.82, 2.24) is 0 Å². The smallest absolute Gasteiger partial charge is 0.138 e. The van der Waals surface area contributed by atoms with E-state index in [1.54, 1.807) is 12.1 Å². The largest absolute Gasteiger partial charge is 0.398 e. The third-order valence-corrected chi connectivity index (χ3v) is 3.75. The van der Waals surface area contributed by atoms with Crippen LogP contribution in [0.15, 0.2) is 50.7 Å². The Morgan fingerprint density at radius 1 is 1.12 bits per heavy atom. The lowest BCUT2D eigenvalue weighted by molar-refractivity contribution is 0.618. The van der Waals surface area contributed by atoms with Crippen molar-refractivity contribution < 1.29 is 8.78 Å². The van der Waals surface area contributed by atoms with Crippen LogP contribution >= 0.6 is 27.7 Å². The molecule has 0 saturated heterocycles. The molecule has 88 valence electrons. The zero-order chi connectivity index (χ0) is 12.4. The molecule has 2 aromatic rings. The number of hydrogen-bond acceptors (Lipinski definition) is 2. The third kappa shape index (κ3) is 2.98. The van der Waals surface area contributed by atoms with Crippen molar-refractivity contribution in [1.29, 1.82) is 0 Å². The summed E-state index contributed by atoms with van der Waals surface area (Å²) in [7, 11) is 0. The van der Waals surface area contributed by atoms with Crippen LogP contribution in [0.25, 0.3) is 0 Å². The van der Waals surface area contributed by atoms with E-state index in [-0.39, 0.29) is 5.82 Å². The van der Waals surface area contributed by atoms with Crippen LogP contribution in [-0.2, 0) is 0 Å². The summed E-state index contributed by atoms with van der Waals surface area (Å²) >= 11 is 4.28. The summed E-state index contributed by atoms with van der Waals surface area (Å²) in [5, 5.41) is 0. The topological polar surface area (TPSA) is 26.0 Å². The van der Waals surface area contributed by atoms with Crippen molar-refractivity contribution in [2.75, 3.05) is 5.73 Å². The van der Waals surface area contributed by atoms with E-state index in [1.165, 1.54) is 36.0 Å². The molecular weight excluding hydrogens is 308 g/mol. The van der Waals surface area contributed by atoms with Crippen LogP contribution in [0.3, 0.4) is 0 Å². The van der Waals surface area contributed by atoms with Crippen LogP contribution in [0.2, 0.25) is 0 Å². The molecule has 0 bridgehead atoms. The molecule has 1 nitrogen and oxygen atoms in total. The summed E-state index contributed by atoms with van der Waals surface area (Å²) < 4.78 is 26.7. The van der Waals surface area contributed by atoms with Gasteiger partial charge in [-0.15, -0.1) is 0 Å². The molecular formula is C12H8BrF2NS. The van der Waals surface area contributed by atoms with Crippen molar-refractivity contribution in [3.63, 3.8) is 0 Å². The lowest BCUT2D eigenvalue weighted by Gasteiger charge is -2.06. The minimum absolute atomic E-state index is 0.318. The van der Waals surface area contributed by atoms with Gasteiger partial charge in [-0.1, -0.05) is 17.8 Å². The van der Waals surface area contributed by atoms with Crippen molar-refractivity contribution in [2.24, 2.45) is 0 Å². The molecule has 2 N–H and O–H groups in total. The fourth-order valence-electron chi connectivity index (χ4n) is 1.29. The van der Waals surface area contributed by atoms with Crippen molar-refractivity contribution in [2.45, 2.75) is 9.79 Å². The van der Waals surface area contributed by atoms with Crippen LogP contribution in [0.4, 0.5) is 14.5 Å². The highest BCUT2D eigenvalue weighted by Gasteiger charge is 2.08. The molecule has 0 heterocycles. The fraction of sp³-hybridized carbons (Fsp3) is 0. The first-order valence-corrected chi connectivity index (χ1v) is 6.35. The van der Waals surface area contributed by atoms with Crippen molar-refractivity contribution in [3.05, 3.63) is 52.5 Å². The van der Waals surface area contributed by atoms with Gasteiger partial charge in [0.15, 0.2) is 0 Å². The number of nitrogen functional groups attached to an aromatic ring is 1. The lowest BCUT2D eigenvalue weighted by atomic mass is 10.3. The Balaban J connectivity index is 2.33. The predicted molar refractivity (Wildman–Crippen MR) is 69.0 cm³/mol. The van der Waals surface area contributed by atoms with Crippen LogP contribution in [0.1, 0.15) is 0 Å². The number of benzene rings is 2. The molecule has 0 saturated carbocycles. The standard InChI is InChI=1S/C12H8BrF2NS/c13-9-5-11(16)12(6-10(9)15)17-8-3-1-2-7(14)4-8/h1-6H,16H2. The Labute approximate surface area is 110 Å². The Hall–Kier alpha value is -1.07. The molecule has 0 aliphatic rings. The minimum atomic E-state index is -0.391. The molecule has 0 aliphatic heterocycles. The van der Waals surface area contributed by atoms with E-state index in [2.05, 4.69) is 15.9 Å². The highest BCUT2D eigenvalue weighted by molar-refractivity contribution is 9.10. The summed E-state index contributed by atoms with van der Waals surface area (Å²) in [6.45, 7) is 0. The summed E-state index contributed by atoms with van der Waals surface area (Å²) in [5.41, 5.74) is 6.22. The van der Waals surface area contributed by atoms with E-state index in [0.717, 1.165) is 0 Å². The highest BCUT2D eigenvalue weighted by Crippen LogP contribution is 2.35. The van der Waals surface area contributed by atoms with E-state index in [1.807, 2.05) is 0 Å². The van der Waals surface area contributed by atoms with Gasteiger partial charge in [0.25, 0.3) is 0 Å². The van der Waals surface area contributed by atoms with Gasteiger partial charge in [-0.05, 0) is 46.3 Å². The molecule has 2 aromatic carbocycles. The summed E-state index contributed by atoms with van der Waals surface area (Å²) in [6, 6.07) is 8.90. The van der Waals surface area contributed by atoms with Gasteiger partial charge in [-0.3, -0.25) is 0 Å². The first-order valence-electron chi connectivity index (χ1n) is 4.74. The first-order chi connectivity index (χ1) is 8.06. The van der Waals surface area contributed by atoms with E-state index < -0.39 is 5.82 Å². The molecule has 0 atom stereocenters. The zero-order valence-electron chi connectivity index (χ0n) is 8.58. The second-order valence-electron chi connectivity index (χ2n) is 3.36. The monoisotopic (exact) mass is 315 g/mol. The summed E-state index contributed by atoms with van der Waals surface area (Å²) in [5.74, 6) is -0.718. The lowest BCUT2D eigenvalue weighted by Crippen LogP contribution is -1.91. The van der Waals surface area contributed by atoms with Crippen LogP contribution in [-0.4, -0.2) is 0 Å². The Bertz CT molecular complexity index is 560. The number of halogens is 3. The van der Waals surface area contributed by atoms with E-state index >= 15 is 0 Å². The molecule has 17 heavy (non-hydrogen) atoms. The minimum Gasteiger partial charge on any atom is -0.398 e. The molecule has 0 amide bonds. The Kier molecular flexibility index (Phi) is 3.69. The molecule has 0 radical (unpaired) electrons. The molecule has 0 unspecified atom stereocenters. The number of rotatable bonds is 2. The molecule has 0 fully saturated rings. The number of anilines is 1. The fourth-order valence-corrected chi connectivity index (χ4v) is 2.56. The van der Waals surface area contributed by atoms with E-state index in [4.69, 9.17) is 5.73 Å². The molecule has 2 rings (SSSR count). The molecule has 0 aromatic heterocycles. The van der Waals surface area contributed by atoms with Crippen LogP contribution in [0, 0.1) is 11.6 Å². The average Bonchev–Trinajstić information content (AvgIpc) is 2.26. The van der Waals surface area contributed by atoms with Crippen LogP contribution in [0.5, 0.6) is 0 Å². The maximum absolute atomic E-state index is 13.4. The second kappa shape index (κ2) is 5.06. The van der Waals surface area contributed by atoms with Gasteiger partial charge in [-0.2, -0.15) is 0 Å². The average molecular weight is 316 g/mol. The first kappa shape index (κ1) is 12.4. The number of nitrogens with two attached hydrogens (primary N) is 1. The maximum Gasteiger partial charge on any atom is 0.138 e. The molecule has 0 aliphatic carbocycles. The third-order valence-electron chi connectivity index (χ3n) is 2.08. The predicted octanol–water partition coefficient (Wildman–Crippen LogP) is 4.46. The maximum atomic E-state index is 13.4. The van der Waals surface area contributed by atoms with Crippen molar-refractivity contribution >= 4 is 33.4 Å². The molecule has 5 heteroatoms. The van der Waals surface area contributed by atoms with Gasteiger partial charge < -0.3 is 5.73 Å². The molecule has 0 spiro atoms. The quantitative estimate of drug-likeness (QED) is 0.828. The van der Waals surface area contributed by atoms with Gasteiger partial charge in [0.05, 0.1) is 4.47 Å². The Morgan fingerprint density at radius 2 is 1.88 bits per heavy atom. The zero-order valence-corrected chi connectivity index (χ0v) is 11.0. The van der Waals surface area contributed by atoms with Gasteiger partial charge in [0, 0.05) is 15.5 Å². The van der Waals surface area contributed by atoms with E-state index in [9.17, 15) is 8.78 Å². The SMILES string of the molecule is Nc1cc(Br)c(F)cc1Sc1cccc(F)c1. The summed E-state index contributed by atoms with van der Waals surface area (Å²) in [6.07, 6.45) is 0. The van der Waals surface area contributed by atoms with E-state index in [0.29, 0.717) is 20.0 Å². The van der Waals surface area contributed by atoms with Gasteiger partial charge in [0.2, 0.25) is 0 Å². The van der Waals surface area contributed by atoms with Gasteiger partial charge >= 0.3 is 0 Å². The van der Waals surface area contributed by atoms with Gasteiger partial charge in [0.1, 0.15) is 11.6 Å². The van der Waals surface area contributed by atoms with Crippen molar-refractivity contribution in [3.8, 4) is 0 Å². The van der Waals surface area contributed by atoms with Gasteiger partial charge in [-0.25, -0.2) is 8.78 Å². The normalized spacial score (nSPS) is 10.5. The Morgan fingerprint density at radius 3 is 2.59 bits per heavy atom. The second-order valence-corrected chi connectivity index (χ2v) is 5.33. The summed E-state index contributed by atoms with van der Waals surface area (Å²) in [4.78, 5) is 1.25. The highest BCUT2D eigenvalue weighted by atomic mass is 79.9. The van der Waals surface area contributed by atoms with Crippen LogP contribution < -0.4 is 5.73 Å². The number of hydrogen-bond donors (Lipinski definition) is 1.